The zero-order valence-corrected chi connectivity index (χ0v) is 16.9. The quantitative estimate of drug-likeness (QED) is 0.705. The number of rotatable bonds is 6. The van der Waals surface area contributed by atoms with Gasteiger partial charge in [0, 0.05) is 17.2 Å². The van der Waals surface area contributed by atoms with Crippen LogP contribution in [0.25, 0.3) is 0 Å². The van der Waals surface area contributed by atoms with E-state index in [4.69, 9.17) is 4.74 Å². The number of anilines is 1. The average molecular weight is 401 g/mol. The van der Waals surface area contributed by atoms with Gasteiger partial charge in [0.05, 0.1) is 22.9 Å². The van der Waals surface area contributed by atoms with Crippen molar-refractivity contribution in [1.82, 2.24) is 0 Å². The lowest BCUT2D eigenvalue weighted by Crippen LogP contribution is -2.42. The summed E-state index contributed by atoms with van der Waals surface area (Å²) in [6.07, 6.45) is 0. The topological polar surface area (TPSA) is 87.1 Å². The van der Waals surface area contributed by atoms with Gasteiger partial charge in [0.2, 0.25) is 0 Å². The molecule has 7 heteroatoms. The Morgan fingerprint density at radius 1 is 1.07 bits per heavy atom. The van der Waals surface area contributed by atoms with Crippen molar-refractivity contribution in [3.8, 4) is 5.75 Å². The maximum Gasteiger partial charge on any atom is 0.335 e. The molecule has 2 aromatic carbocycles. The van der Waals surface area contributed by atoms with E-state index in [-0.39, 0.29) is 17.2 Å². The van der Waals surface area contributed by atoms with Crippen molar-refractivity contribution in [3.63, 3.8) is 0 Å². The Hall–Kier alpha value is -2.67. The SMILES string of the molecule is Cc1cc2c(cc1C)N(CCSc1cc(C(=O)O)cc(C(=O)O)c1)C(C)CO2. The van der Waals surface area contributed by atoms with Crippen molar-refractivity contribution in [1.29, 1.82) is 0 Å². The molecule has 0 fully saturated rings. The van der Waals surface area contributed by atoms with Crippen molar-refractivity contribution in [2.24, 2.45) is 0 Å². The molecule has 0 amide bonds. The first-order valence-corrected chi connectivity index (χ1v) is 10.00. The predicted molar refractivity (Wildman–Crippen MR) is 109 cm³/mol. The summed E-state index contributed by atoms with van der Waals surface area (Å²) in [6, 6.07) is 8.63. The molecule has 0 radical (unpaired) electrons. The van der Waals surface area contributed by atoms with E-state index in [1.54, 1.807) is 0 Å². The van der Waals surface area contributed by atoms with Crippen LogP contribution in [-0.4, -0.2) is 47.1 Å². The summed E-state index contributed by atoms with van der Waals surface area (Å²) >= 11 is 1.45. The summed E-state index contributed by atoms with van der Waals surface area (Å²) < 4.78 is 5.87. The van der Waals surface area contributed by atoms with Gasteiger partial charge in [-0.3, -0.25) is 0 Å². The molecule has 0 saturated carbocycles. The zero-order chi connectivity index (χ0) is 20.4. The van der Waals surface area contributed by atoms with Crippen LogP contribution in [-0.2, 0) is 0 Å². The Morgan fingerprint density at radius 3 is 2.29 bits per heavy atom. The highest BCUT2D eigenvalue weighted by Gasteiger charge is 2.25. The van der Waals surface area contributed by atoms with Crippen LogP contribution in [0.1, 0.15) is 38.8 Å². The van der Waals surface area contributed by atoms with E-state index in [1.807, 2.05) is 0 Å². The van der Waals surface area contributed by atoms with E-state index in [2.05, 4.69) is 37.8 Å². The number of thioether (sulfide) groups is 1. The molecule has 0 saturated heterocycles. The smallest absolute Gasteiger partial charge is 0.335 e. The summed E-state index contributed by atoms with van der Waals surface area (Å²) in [5.74, 6) is -0.691. The molecule has 28 heavy (non-hydrogen) atoms. The number of hydrogen-bond acceptors (Lipinski definition) is 5. The summed E-state index contributed by atoms with van der Waals surface area (Å²) in [5.41, 5.74) is 3.42. The molecular weight excluding hydrogens is 378 g/mol. The second-order valence-electron chi connectivity index (χ2n) is 6.96. The van der Waals surface area contributed by atoms with Gasteiger partial charge in [0.15, 0.2) is 0 Å². The van der Waals surface area contributed by atoms with Gasteiger partial charge < -0.3 is 19.8 Å². The fourth-order valence-electron chi connectivity index (χ4n) is 3.18. The van der Waals surface area contributed by atoms with Crippen molar-refractivity contribution >= 4 is 29.4 Å². The molecule has 1 aliphatic heterocycles. The summed E-state index contributed by atoms with van der Waals surface area (Å²) in [6.45, 7) is 7.60. The summed E-state index contributed by atoms with van der Waals surface area (Å²) in [5, 5.41) is 18.4. The highest BCUT2D eigenvalue weighted by molar-refractivity contribution is 7.99. The second-order valence-corrected chi connectivity index (χ2v) is 8.13. The standard InChI is InChI=1S/C21H23NO5S/c1-12-6-18-19(7-13(12)2)27-11-14(3)22(18)4-5-28-17-9-15(20(23)24)8-16(10-17)21(25)26/h6-10,14H,4-5,11H2,1-3H3,(H,23,24)(H,25,26). The third kappa shape index (κ3) is 4.25. The van der Waals surface area contributed by atoms with Crippen LogP contribution in [0.3, 0.4) is 0 Å². The minimum Gasteiger partial charge on any atom is -0.489 e. The van der Waals surface area contributed by atoms with Crippen molar-refractivity contribution in [2.45, 2.75) is 31.7 Å². The Labute approximate surface area is 168 Å². The second kappa shape index (κ2) is 8.14. The van der Waals surface area contributed by atoms with Crippen LogP contribution in [0, 0.1) is 13.8 Å². The van der Waals surface area contributed by atoms with Crippen LogP contribution in [0.2, 0.25) is 0 Å². The number of carboxylic acid groups (broad SMARTS) is 2. The zero-order valence-electron chi connectivity index (χ0n) is 16.1. The maximum absolute atomic E-state index is 11.3. The minimum absolute atomic E-state index is 0.0152. The monoisotopic (exact) mass is 401 g/mol. The lowest BCUT2D eigenvalue weighted by Gasteiger charge is -2.37. The van der Waals surface area contributed by atoms with E-state index in [1.165, 1.54) is 41.1 Å². The van der Waals surface area contributed by atoms with Gasteiger partial charge >= 0.3 is 11.9 Å². The van der Waals surface area contributed by atoms with E-state index >= 15 is 0 Å². The molecule has 1 aliphatic rings. The number of benzene rings is 2. The van der Waals surface area contributed by atoms with Crippen molar-refractivity contribution < 1.29 is 24.5 Å². The van der Waals surface area contributed by atoms with Gasteiger partial charge in [-0.25, -0.2) is 9.59 Å². The van der Waals surface area contributed by atoms with Crippen LogP contribution in [0.5, 0.6) is 5.75 Å². The Balaban J connectivity index is 1.76. The molecule has 2 aromatic rings. The lowest BCUT2D eigenvalue weighted by molar-refractivity contribution is 0.0696. The van der Waals surface area contributed by atoms with E-state index < -0.39 is 11.9 Å². The number of hydrogen-bond donors (Lipinski definition) is 2. The van der Waals surface area contributed by atoms with Crippen molar-refractivity contribution in [3.05, 3.63) is 52.6 Å². The molecule has 3 rings (SSSR count). The van der Waals surface area contributed by atoms with Crippen LogP contribution in [0.15, 0.2) is 35.2 Å². The minimum atomic E-state index is -1.13. The van der Waals surface area contributed by atoms with Crippen LogP contribution >= 0.6 is 11.8 Å². The molecule has 0 spiro atoms. The van der Waals surface area contributed by atoms with E-state index in [9.17, 15) is 19.8 Å². The molecule has 148 valence electrons. The Morgan fingerprint density at radius 2 is 1.68 bits per heavy atom. The molecular formula is C21H23NO5S. The lowest BCUT2D eigenvalue weighted by atomic mass is 10.1. The molecule has 1 unspecified atom stereocenters. The third-order valence-corrected chi connectivity index (χ3v) is 5.85. The number of carbonyl (C=O) groups is 2. The normalized spacial score (nSPS) is 15.7. The number of fused-ring (bicyclic) bond motifs is 1. The van der Waals surface area contributed by atoms with Crippen LogP contribution in [0.4, 0.5) is 5.69 Å². The van der Waals surface area contributed by atoms with Crippen LogP contribution < -0.4 is 9.64 Å². The maximum atomic E-state index is 11.3. The highest BCUT2D eigenvalue weighted by atomic mass is 32.2. The number of aryl methyl sites for hydroxylation is 2. The first-order chi connectivity index (χ1) is 13.3. The van der Waals surface area contributed by atoms with E-state index in [0.717, 1.165) is 18.0 Å². The molecule has 0 aromatic heterocycles. The molecule has 2 N–H and O–H groups in total. The fraction of sp³-hybridized carbons (Fsp3) is 0.333. The number of aromatic carboxylic acids is 2. The largest absolute Gasteiger partial charge is 0.489 e. The van der Waals surface area contributed by atoms with Gasteiger partial charge in [-0.2, -0.15) is 0 Å². The molecule has 6 nitrogen and oxygen atoms in total. The van der Waals surface area contributed by atoms with E-state index in [0.29, 0.717) is 17.3 Å². The first-order valence-electron chi connectivity index (χ1n) is 9.01. The number of nitrogens with zero attached hydrogens (tertiary/aromatic N) is 1. The summed E-state index contributed by atoms with van der Waals surface area (Å²) in [7, 11) is 0. The highest BCUT2D eigenvalue weighted by Crippen LogP contribution is 2.36. The molecule has 1 heterocycles. The summed E-state index contributed by atoms with van der Waals surface area (Å²) in [4.78, 5) is 25.5. The van der Waals surface area contributed by atoms with Gasteiger partial charge in [-0.1, -0.05) is 0 Å². The van der Waals surface area contributed by atoms with Gasteiger partial charge in [0.1, 0.15) is 12.4 Å². The first kappa shape index (κ1) is 20.1. The van der Waals surface area contributed by atoms with Gasteiger partial charge in [-0.05, 0) is 62.2 Å². The van der Waals surface area contributed by atoms with Gasteiger partial charge in [0.25, 0.3) is 0 Å². The molecule has 0 aliphatic carbocycles. The number of ether oxygens (including phenoxy) is 1. The van der Waals surface area contributed by atoms with Gasteiger partial charge in [-0.15, -0.1) is 11.8 Å². The predicted octanol–water partition coefficient (Wildman–Crippen LogP) is 4.08. The fourth-order valence-corrected chi connectivity index (χ4v) is 4.13. The Bertz CT molecular complexity index is 895. The number of carboxylic acids is 2. The molecule has 0 bridgehead atoms. The van der Waals surface area contributed by atoms with Crippen molar-refractivity contribution in [2.75, 3.05) is 23.8 Å². The third-order valence-electron chi connectivity index (χ3n) is 4.90. The average Bonchev–Trinajstić information content (AvgIpc) is 2.64. The molecule has 1 atom stereocenters. The Kier molecular flexibility index (Phi) is 5.84.